The van der Waals surface area contributed by atoms with Crippen molar-refractivity contribution in [2.24, 2.45) is 11.3 Å². The Bertz CT molecular complexity index is 213. The average Bonchev–Trinajstić information content (AvgIpc) is 2.02. The second kappa shape index (κ2) is 4.08. The van der Waals surface area contributed by atoms with E-state index in [0.29, 0.717) is 17.8 Å². The van der Waals surface area contributed by atoms with E-state index in [0.717, 1.165) is 6.29 Å². The second-order valence-corrected chi connectivity index (χ2v) is 4.74. The smallest absolute Gasteiger partial charge is 0.123 e. The van der Waals surface area contributed by atoms with E-state index >= 15 is 0 Å². The van der Waals surface area contributed by atoms with Gasteiger partial charge >= 0.3 is 0 Å². The van der Waals surface area contributed by atoms with Crippen molar-refractivity contribution < 1.29 is 4.79 Å². The van der Waals surface area contributed by atoms with Crippen molar-refractivity contribution >= 4 is 6.29 Å². The molecule has 1 atom stereocenters. The van der Waals surface area contributed by atoms with E-state index < -0.39 is 0 Å². The van der Waals surface area contributed by atoms with E-state index in [-0.39, 0.29) is 0 Å². The summed E-state index contributed by atoms with van der Waals surface area (Å²) in [6.45, 7) is 6.86. The van der Waals surface area contributed by atoms with Gasteiger partial charge in [0.15, 0.2) is 0 Å². The summed E-state index contributed by atoms with van der Waals surface area (Å²) in [6, 6.07) is 0. The first-order chi connectivity index (χ1) is 6.08. The third kappa shape index (κ3) is 2.43. The molecule has 1 aliphatic rings. The first-order valence-electron chi connectivity index (χ1n) is 5.22. The van der Waals surface area contributed by atoms with Crippen molar-refractivity contribution in [2.75, 3.05) is 0 Å². The summed E-state index contributed by atoms with van der Waals surface area (Å²) in [6.07, 6.45) is 7.59. The first-order valence-corrected chi connectivity index (χ1v) is 5.22. The van der Waals surface area contributed by atoms with Gasteiger partial charge in [-0.05, 0) is 24.2 Å². The van der Waals surface area contributed by atoms with Crippen LogP contribution in [0.5, 0.6) is 0 Å². The van der Waals surface area contributed by atoms with Gasteiger partial charge in [-0.3, -0.25) is 0 Å². The van der Waals surface area contributed by atoms with Crippen LogP contribution < -0.4 is 0 Å². The molecule has 0 N–H and O–H groups in total. The highest BCUT2D eigenvalue weighted by atomic mass is 16.1. The lowest BCUT2D eigenvalue weighted by molar-refractivity contribution is -0.107. The molecule has 0 aromatic rings. The Morgan fingerprint density at radius 3 is 2.77 bits per heavy atom. The Morgan fingerprint density at radius 1 is 1.54 bits per heavy atom. The van der Waals surface area contributed by atoms with Gasteiger partial charge in [0, 0.05) is 6.42 Å². The minimum absolute atomic E-state index is 0.320. The fourth-order valence-electron chi connectivity index (χ4n) is 2.47. The fourth-order valence-corrected chi connectivity index (χ4v) is 2.47. The average molecular weight is 180 g/mol. The van der Waals surface area contributed by atoms with Gasteiger partial charge in [0.25, 0.3) is 0 Å². The lowest BCUT2D eigenvalue weighted by atomic mass is 9.68. The molecule has 1 aliphatic carbocycles. The van der Waals surface area contributed by atoms with E-state index in [1.165, 1.54) is 24.8 Å². The Morgan fingerprint density at radius 2 is 2.23 bits per heavy atom. The lowest BCUT2D eigenvalue weighted by Gasteiger charge is -2.37. The fraction of sp³-hybridized carbons (Fsp3) is 0.750. The molecule has 0 aromatic heterocycles. The Labute approximate surface area is 81.2 Å². The van der Waals surface area contributed by atoms with Gasteiger partial charge in [-0.1, -0.05) is 38.8 Å². The molecule has 0 heterocycles. The highest BCUT2D eigenvalue weighted by Crippen LogP contribution is 2.43. The zero-order valence-electron chi connectivity index (χ0n) is 8.97. The lowest BCUT2D eigenvalue weighted by Crippen LogP contribution is -2.24. The van der Waals surface area contributed by atoms with Crippen molar-refractivity contribution in [2.45, 2.75) is 46.5 Å². The summed E-state index contributed by atoms with van der Waals surface area (Å²) in [5, 5.41) is 0. The van der Waals surface area contributed by atoms with Crippen molar-refractivity contribution in [1.29, 1.82) is 0 Å². The summed E-state index contributed by atoms with van der Waals surface area (Å²) in [5.41, 5.74) is 1.81. The number of rotatable bonds is 2. The Kier molecular flexibility index (Phi) is 3.29. The number of carbonyl (C=O) groups is 1. The van der Waals surface area contributed by atoms with Gasteiger partial charge in [-0.15, -0.1) is 0 Å². The maximum absolute atomic E-state index is 10.3. The molecule has 0 saturated heterocycles. The van der Waals surface area contributed by atoms with Crippen LogP contribution in [0.1, 0.15) is 46.5 Å². The quantitative estimate of drug-likeness (QED) is 0.470. The third-order valence-electron chi connectivity index (χ3n) is 3.19. The van der Waals surface area contributed by atoms with Crippen LogP contribution >= 0.6 is 0 Å². The molecule has 0 amide bonds. The Hall–Kier alpha value is -0.590. The number of carbonyl (C=O) groups excluding carboxylic acids is 1. The number of hydrogen-bond acceptors (Lipinski definition) is 1. The minimum Gasteiger partial charge on any atom is -0.303 e. The van der Waals surface area contributed by atoms with E-state index in [1.54, 1.807) is 0 Å². The summed E-state index contributed by atoms with van der Waals surface area (Å²) < 4.78 is 0. The highest BCUT2D eigenvalue weighted by Gasteiger charge is 2.30. The summed E-state index contributed by atoms with van der Waals surface area (Å²) >= 11 is 0. The highest BCUT2D eigenvalue weighted by molar-refractivity contribution is 5.52. The summed E-state index contributed by atoms with van der Waals surface area (Å²) in [5.74, 6) is 0.670. The number of aldehydes is 1. The summed E-state index contributed by atoms with van der Waals surface area (Å²) in [7, 11) is 0. The monoisotopic (exact) mass is 180 g/mol. The molecule has 0 spiro atoms. The first kappa shape index (κ1) is 10.5. The molecule has 0 bridgehead atoms. The van der Waals surface area contributed by atoms with Crippen molar-refractivity contribution in [3.63, 3.8) is 0 Å². The van der Waals surface area contributed by atoms with E-state index in [9.17, 15) is 4.79 Å². The number of allylic oxidation sites excluding steroid dienone is 2. The molecule has 0 aromatic carbocycles. The van der Waals surface area contributed by atoms with Crippen molar-refractivity contribution in [3.8, 4) is 0 Å². The van der Waals surface area contributed by atoms with Gasteiger partial charge in [0.1, 0.15) is 6.29 Å². The molecule has 74 valence electrons. The molecule has 1 fully saturated rings. The molecule has 1 heteroatoms. The van der Waals surface area contributed by atoms with Crippen molar-refractivity contribution in [1.82, 2.24) is 0 Å². The Balaban J connectivity index is 2.79. The summed E-state index contributed by atoms with van der Waals surface area (Å²) in [4.78, 5) is 10.3. The molecule has 1 saturated carbocycles. The van der Waals surface area contributed by atoms with Crippen LogP contribution in [0.3, 0.4) is 0 Å². The zero-order valence-corrected chi connectivity index (χ0v) is 8.97. The largest absolute Gasteiger partial charge is 0.303 e. The van der Waals surface area contributed by atoms with Crippen LogP contribution in [0, 0.1) is 11.3 Å². The van der Waals surface area contributed by atoms with Crippen LogP contribution in [0.15, 0.2) is 11.6 Å². The van der Waals surface area contributed by atoms with Gasteiger partial charge < -0.3 is 4.79 Å². The molecule has 1 rings (SSSR count). The zero-order chi connectivity index (χ0) is 9.90. The van der Waals surface area contributed by atoms with E-state index in [4.69, 9.17) is 0 Å². The third-order valence-corrected chi connectivity index (χ3v) is 3.19. The maximum Gasteiger partial charge on any atom is 0.123 e. The van der Waals surface area contributed by atoms with E-state index in [1.807, 2.05) is 0 Å². The van der Waals surface area contributed by atoms with Crippen LogP contribution in [0.25, 0.3) is 0 Å². The van der Waals surface area contributed by atoms with Crippen LogP contribution in [0.4, 0.5) is 0 Å². The number of hydrogen-bond donors (Lipinski definition) is 0. The second-order valence-electron chi connectivity index (χ2n) is 4.74. The topological polar surface area (TPSA) is 17.1 Å². The van der Waals surface area contributed by atoms with Crippen LogP contribution in [0.2, 0.25) is 0 Å². The van der Waals surface area contributed by atoms with Crippen LogP contribution in [-0.2, 0) is 4.79 Å². The predicted molar refractivity (Wildman–Crippen MR) is 55.6 cm³/mol. The minimum atomic E-state index is 0.320. The van der Waals surface area contributed by atoms with Crippen molar-refractivity contribution in [3.05, 3.63) is 11.6 Å². The van der Waals surface area contributed by atoms with Gasteiger partial charge in [0.05, 0.1) is 0 Å². The molecule has 0 aliphatic heterocycles. The molecular weight excluding hydrogens is 160 g/mol. The van der Waals surface area contributed by atoms with Gasteiger partial charge in [0.2, 0.25) is 0 Å². The molecule has 1 nitrogen and oxygen atoms in total. The standard InChI is InChI=1S/C12H20O/c1-10-6-4-8-12(2,3)11(10)7-5-9-13/h7,9-10H,4-6,8H2,1-3H3/t10-/m0/s1. The predicted octanol–water partition coefficient (Wildman–Crippen LogP) is 3.35. The maximum atomic E-state index is 10.3. The van der Waals surface area contributed by atoms with E-state index in [2.05, 4.69) is 26.8 Å². The molecular formula is C12H20O. The molecule has 0 radical (unpaired) electrons. The molecule has 0 unspecified atom stereocenters. The van der Waals surface area contributed by atoms with Crippen LogP contribution in [-0.4, -0.2) is 6.29 Å². The normalized spacial score (nSPS) is 30.4. The molecule has 13 heavy (non-hydrogen) atoms. The van der Waals surface area contributed by atoms with Gasteiger partial charge in [-0.25, -0.2) is 0 Å². The SMILES string of the molecule is C[C@H]1CCCC(C)(C)C1=CCC=O. The van der Waals surface area contributed by atoms with Gasteiger partial charge in [-0.2, -0.15) is 0 Å².